The van der Waals surface area contributed by atoms with E-state index < -0.39 is 47.9 Å². The van der Waals surface area contributed by atoms with E-state index in [2.05, 4.69) is 15.6 Å². The van der Waals surface area contributed by atoms with E-state index in [1.807, 2.05) is 6.26 Å². The maximum absolute atomic E-state index is 13.7. The van der Waals surface area contributed by atoms with Crippen LogP contribution in [0.3, 0.4) is 0 Å². The van der Waals surface area contributed by atoms with Crippen molar-refractivity contribution >= 4 is 41.4 Å². The molecule has 1 aliphatic heterocycles. The Morgan fingerprint density at radius 1 is 1.13 bits per heavy atom. The predicted octanol–water partition coefficient (Wildman–Crippen LogP) is -0.886. The summed E-state index contributed by atoms with van der Waals surface area (Å²) in [6.07, 6.45) is 3.86. The van der Waals surface area contributed by atoms with E-state index in [1.165, 1.54) is 28.8 Å². The molecule has 2 rings (SSSR count). The SMILES string of the molecule is CSCCC(NC(=O)C1CCCN1C(=O)C(Cc1ccc(O)cc1)NC(=O)C(N)CCCN=C(N)N)C(=O)O. The standard InChI is InChI=1S/C25H39N7O6S/c1-39-13-10-18(24(37)38)30-22(35)20-5-3-12-32(20)23(36)19(14-15-6-8-16(33)9-7-15)31-21(34)17(26)4-2-11-29-25(27)28/h6-9,17-20,33H,2-5,10-14,26H2,1H3,(H,30,35)(H,31,34)(H,37,38)(H4,27,28,29). The largest absolute Gasteiger partial charge is 0.508 e. The fourth-order valence-corrected chi connectivity index (χ4v) is 4.73. The summed E-state index contributed by atoms with van der Waals surface area (Å²) >= 11 is 1.47. The maximum Gasteiger partial charge on any atom is 0.326 e. The number of nitrogens with zero attached hydrogens (tertiary/aromatic N) is 2. The van der Waals surface area contributed by atoms with Gasteiger partial charge in [-0.15, -0.1) is 0 Å². The molecule has 0 aromatic heterocycles. The van der Waals surface area contributed by atoms with Gasteiger partial charge < -0.3 is 42.9 Å². The summed E-state index contributed by atoms with van der Waals surface area (Å²) in [6, 6.07) is 2.34. The van der Waals surface area contributed by atoms with E-state index in [9.17, 15) is 29.4 Å². The van der Waals surface area contributed by atoms with Gasteiger partial charge in [-0.3, -0.25) is 19.4 Å². The Morgan fingerprint density at radius 3 is 2.44 bits per heavy atom. The molecule has 1 saturated heterocycles. The summed E-state index contributed by atoms with van der Waals surface area (Å²) in [5.41, 5.74) is 17.3. The Kier molecular flexibility index (Phi) is 12.8. The number of aliphatic imine (C=N–C) groups is 1. The third kappa shape index (κ3) is 10.3. The number of carboxylic acids is 1. The molecule has 3 amide bonds. The molecule has 0 radical (unpaired) electrons. The lowest BCUT2D eigenvalue weighted by Gasteiger charge is -2.30. The fraction of sp³-hybridized carbons (Fsp3) is 0.560. The number of carboxylic acid groups (broad SMARTS) is 1. The minimum atomic E-state index is -1.14. The molecule has 4 unspecified atom stereocenters. The highest BCUT2D eigenvalue weighted by Gasteiger charge is 2.39. The first-order valence-corrected chi connectivity index (χ1v) is 14.1. The number of likely N-dealkylation sites (tertiary alicyclic amines) is 1. The van der Waals surface area contributed by atoms with Crippen LogP contribution in [0.2, 0.25) is 0 Å². The Morgan fingerprint density at radius 2 is 1.82 bits per heavy atom. The number of phenols is 1. The van der Waals surface area contributed by atoms with Gasteiger partial charge in [-0.1, -0.05) is 12.1 Å². The van der Waals surface area contributed by atoms with Gasteiger partial charge in [0.2, 0.25) is 17.7 Å². The summed E-state index contributed by atoms with van der Waals surface area (Å²) in [4.78, 5) is 56.5. The summed E-state index contributed by atoms with van der Waals surface area (Å²) in [6.45, 7) is 0.587. The smallest absolute Gasteiger partial charge is 0.326 e. The van der Waals surface area contributed by atoms with E-state index in [1.54, 1.807) is 12.1 Å². The minimum absolute atomic E-state index is 0.0548. The summed E-state index contributed by atoms with van der Waals surface area (Å²) in [7, 11) is 0. The topological polar surface area (TPSA) is 226 Å². The van der Waals surface area contributed by atoms with Crippen molar-refractivity contribution in [3.8, 4) is 5.75 Å². The summed E-state index contributed by atoms with van der Waals surface area (Å²) < 4.78 is 0. The number of thioether (sulfide) groups is 1. The number of carbonyl (C=O) groups is 4. The average Bonchev–Trinajstić information content (AvgIpc) is 3.39. The van der Waals surface area contributed by atoms with Crippen molar-refractivity contribution in [3.63, 3.8) is 0 Å². The first kappa shape index (κ1) is 31.7. The first-order valence-electron chi connectivity index (χ1n) is 12.7. The van der Waals surface area contributed by atoms with Gasteiger partial charge >= 0.3 is 5.97 Å². The zero-order valence-corrected chi connectivity index (χ0v) is 22.9. The van der Waals surface area contributed by atoms with Crippen molar-refractivity contribution in [2.24, 2.45) is 22.2 Å². The van der Waals surface area contributed by atoms with E-state index >= 15 is 0 Å². The van der Waals surface area contributed by atoms with Crippen LogP contribution in [-0.2, 0) is 25.6 Å². The molecule has 0 spiro atoms. The van der Waals surface area contributed by atoms with Crippen molar-refractivity contribution in [2.75, 3.05) is 25.1 Å². The Hall–Kier alpha value is -3.52. The number of guanidine groups is 1. The van der Waals surface area contributed by atoms with E-state index in [-0.39, 0.29) is 37.5 Å². The number of aromatic hydroxyl groups is 1. The quantitative estimate of drug-likeness (QED) is 0.0788. The van der Waals surface area contributed by atoms with E-state index in [0.717, 1.165) is 0 Å². The molecule has 13 nitrogen and oxygen atoms in total. The van der Waals surface area contributed by atoms with Gasteiger partial charge in [-0.2, -0.15) is 11.8 Å². The van der Waals surface area contributed by atoms with Crippen LogP contribution >= 0.6 is 11.8 Å². The molecule has 4 atom stereocenters. The third-order valence-electron chi connectivity index (χ3n) is 6.36. The van der Waals surface area contributed by atoms with Crippen LogP contribution in [-0.4, -0.2) is 94.0 Å². The number of aliphatic carboxylic acids is 1. The molecule has 216 valence electrons. The number of benzene rings is 1. The number of carbonyl (C=O) groups excluding carboxylic acids is 3. The number of rotatable bonds is 15. The molecule has 1 fully saturated rings. The van der Waals surface area contributed by atoms with Gasteiger partial charge in [0, 0.05) is 19.5 Å². The Labute approximate surface area is 231 Å². The molecule has 1 aromatic rings. The van der Waals surface area contributed by atoms with Crippen LogP contribution in [0.15, 0.2) is 29.3 Å². The molecule has 10 N–H and O–H groups in total. The van der Waals surface area contributed by atoms with Gasteiger partial charge in [0.15, 0.2) is 5.96 Å². The van der Waals surface area contributed by atoms with Gasteiger partial charge in [-0.05, 0) is 61.8 Å². The number of nitrogens with two attached hydrogens (primary N) is 3. The summed E-state index contributed by atoms with van der Waals surface area (Å²) in [5.74, 6) is -2.15. The highest BCUT2D eigenvalue weighted by Crippen LogP contribution is 2.21. The van der Waals surface area contributed by atoms with Crippen molar-refractivity contribution in [3.05, 3.63) is 29.8 Å². The van der Waals surface area contributed by atoms with E-state index in [0.29, 0.717) is 37.1 Å². The summed E-state index contributed by atoms with van der Waals surface area (Å²) in [5, 5.41) is 24.4. The second kappa shape index (κ2) is 15.8. The zero-order chi connectivity index (χ0) is 28.9. The maximum atomic E-state index is 13.7. The molecule has 1 aromatic carbocycles. The highest BCUT2D eigenvalue weighted by atomic mass is 32.2. The van der Waals surface area contributed by atoms with Gasteiger partial charge in [-0.25, -0.2) is 4.79 Å². The molecule has 14 heteroatoms. The molecule has 0 bridgehead atoms. The van der Waals surface area contributed by atoms with Crippen LogP contribution in [0.25, 0.3) is 0 Å². The Balaban J connectivity index is 2.17. The Bertz CT molecular complexity index is 1020. The molecular formula is C25H39N7O6S. The highest BCUT2D eigenvalue weighted by molar-refractivity contribution is 7.98. The number of hydrogen-bond donors (Lipinski definition) is 7. The van der Waals surface area contributed by atoms with Gasteiger partial charge in [0.25, 0.3) is 0 Å². The second-order valence-corrected chi connectivity index (χ2v) is 10.3. The molecule has 0 aliphatic carbocycles. The molecular weight excluding hydrogens is 526 g/mol. The normalized spacial score (nSPS) is 17.1. The van der Waals surface area contributed by atoms with Crippen LogP contribution in [0.4, 0.5) is 0 Å². The fourth-order valence-electron chi connectivity index (χ4n) is 4.26. The van der Waals surface area contributed by atoms with Crippen molar-refractivity contribution in [1.29, 1.82) is 0 Å². The zero-order valence-electron chi connectivity index (χ0n) is 22.0. The lowest BCUT2D eigenvalue weighted by Crippen LogP contribution is -2.57. The van der Waals surface area contributed by atoms with Gasteiger partial charge in [0.1, 0.15) is 23.9 Å². The molecule has 0 saturated carbocycles. The number of phenolic OH excluding ortho intramolecular Hbond substituents is 1. The molecule has 1 aliphatic rings. The lowest BCUT2D eigenvalue weighted by atomic mass is 10.0. The van der Waals surface area contributed by atoms with Crippen LogP contribution in [0.1, 0.15) is 37.7 Å². The average molecular weight is 566 g/mol. The van der Waals surface area contributed by atoms with Crippen molar-refractivity contribution in [2.45, 2.75) is 62.7 Å². The third-order valence-corrected chi connectivity index (χ3v) is 7.00. The second-order valence-electron chi connectivity index (χ2n) is 9.36. The lowest BCUT2D eigenvalue weighted by molar-refractivity contribution is -0.145. The molecule has 39 heavy (non-hydrogen) atoms. The van der Waals surface area contributed by atoms with Crippen LogP contribution < -0.4 is 27.8 Å². The van der Waals surface area contributed by atoms with Crippen molar-refractivity contribution in [1.82, 2.24) is 15.5 Å². The van der Waals surface area contributed by atoms with Crippen LogP contribution in [0.5, 0.6) is 5.75 Å². The van der Waals surface area contributed by atoms with Gasteiger partial charge in [0.05, 0.1) is 6.04 Å². The molecule has 1 heterocycles. The van der Waals surface area contributed by atoms with Crippen molar-refractivity contribution < 1.29 is 29.4 Å². The first-order chi connectivity index (χ1) is 18.5. The number of amides is 3. The monoisotopic (exact) mass is 565 g/mol. The number of hydrogen-bond acceptors (Lipinski definition) is 8. The van der Waals surface area contributed by atoms with Crippen LogP contribution in [0, 0.1) is 0 Å². The number of nitrogens with one attached hydrogen (secondary N) is 2. The predicted molar refractivity (Wildman–Crippen MR) is 149 cm³/mol. The minimum Gasteiger partial charge on any atom is -0.508 e. The van der Waals surface area contributed by atoms with E-state index in [4.69, 9.17) is 17.2 Å².